The number of urea groups is 1. The Morgan fingerprint density at radius 2 is 1.84 bits per heavy atom. The summed E-state index contributed by atoms with van der Waals surface area (Å²) in [5.74, 6) is 0.375. The Balaban J connectivity index is 1.72. The van der Waals surface area contributed by atoms with Crippen molar-refractivity contribution in [2.75, 3.05) is 25.6 Å². The molecule has 0 heterocycles. The third kappa shape index (κ3) is 5.84. The van der Waals surface area contributed by atoms with Crippen molar-refractivity contribution in [3.05, 3.63) is 59.7 Å². The van der Waals surface area contributed by atoms with Crippen molar-refractivity contribution < 1.29 is 19.1 Å². The van der Waals surface area contributed by atoms with Crippen LogP contribution in [0, 0.1) is 0 Å². The molecular weight excluding hydrogens is 320 g/mol. The molecule has 6 nitrogen and oxygen atoms in total. The first-order valence-electron chi connectivity index (χ1n) is 8.07. The van der Waals surface area contributed by atoms with Crippen LogP contribution in [0.1, 0.15) is 22.8 Å². The molecule has 0 saturated carbocycles. The predicted molar refractivity (Wildman–Crippen MR) is 96.1 cm³/mol. The molecule has 2 amide bonds. The van der Waals surface area contributed by atoms with Gasteiger partial charge in [-0.15, -0.1) is 0 Å². The molecule has 0 fully saturated rings. The van der Waals surface area contributed by atoms with Crippen molar-refractivity contribution in [1.82, 2.24) is 5.32 Å². The second kappa shape index (κ2) is 9.32. The van der Waals surface area contributed by atoms with Crippen LogP contribution in [-0.4, -0.2) is 32.3 Å². The molecule has 0 aliphatic heterocycles. The van der Waals surface area contributed by atoms with Crippen molar-refractivity contribution in [3.8, 4) is 5.75 Å². The Labute approximate surface area is 147 Å². The van der Waals surface area contributed by atoms with Gasteiger partial charge in [0.1, 0.15) is 12.4 Å². The minimum Gasteiger partial charge on any atom is -0.492 e. The Morgan fingerprint density at radius 1 is 1.08 bits per heavy atom. The number of ether oxygens (including phenoxy) is 2. The smallest absolute Gasteiger partial charge is 0.337 e. The molecule has 0 aromatic heterocycles. The Hall–Kier alpha value is -3.02. The fraction of sp³-hybridized carbons (Fsp3) is 0.263. The normalized spacial score (nSPS) is 10.0. The van der Waals surface area contributed by atoms with E-state index in [1.807, 2.05) is 24.3 Å². The van der Waals surface area contributed by atoms with Crippen molar-refractivity contribution in [3.63, 3.8) is 0 Å². The molecule has 2 aromatic rings. The first kappa shape index (κ1) is 18.3. The van der Waals surface area contributed by atoms with Crippen molar-refractivity contribution >= 4 is 17.7 Å². The number of carbonyl (C=O) groups excluding carboxylic acids is 2. The van der Waals surface area contributed by atoms with Gasteiger partial charge >= 0.3 is 12.0 Å². The standard InChI is InChI=1S/C19H22N2O4/c1-3-14-5-4-6-17(13-14)25-12-11-20-19(23)21-16-9-7-15(8-10-16)18(22)24-2/h4-10,13H,3,11-12H2,1-2H3,(H2,20,21,23). The van der Waals surface area contributed by atoms with Crippen molar-refractivity contribution in [2.45, 2.75) is 13.3 Å². The number of hydrogen-bond donors (Lipinski definition) is 2. The molecular formula is C19H22N2O4. The molecule has 0 saturated heterocycles. The van der Waals surface area contributed by atoms with Crippen LogP contribution in [0.2, 0.25) is 0 Å². The van der Waals surface area contributed by atoms with Gasteiger partial charge in [0.15, 0.2) is 0 Å². The number of hydrogen-bond acceptors (Lipinski definition) is 4. The topological polar surface area (TPSA) is 76.7 Å². The summed E-state index contributed by atoms with van der Waals surface area (Å²) < 4.78 is 10.2. The lowest BCUT2D eigenvalue weighted by atomic mass is 10.2. The average Bonchev–Trinajstić information content (AvgIpc) is 2.65. The highest BCUT2D eigenvalue weighted by Crippen LogP contribution is 2.13. The van der Waals surface area contributed by atoms with Crippen LogP contribution in [0.3, 0.4) is 0 Å². The number of aryl methyl sites for hydroxylation is 1. The van der Waals surface area contributed by atoms with E-state index in [-0.39, 0.29) is 6.03 Å². The molecule has 132 valence electrons. The van der Waals surface area contributed by atoms with Gasteiger partial charge in [-0.05, 0) is 48.4 Å². The molecule has 0 unspecified atom stereocenters. The number of benzene rings is 2. The summed E-state index contributed by atoms with van der Waals surface area (Å²) >= 11 is 0. The van der Waals surface area contributed by atoms with Gasteiger partial charge in [-0.3, -0.25) is 0 Å². The van der Waals surface area contributed by atoms with E-state index in [1.54, 1.807) is 24.3 Å². The van der Waals surface area contributed by atoms with Crippen LogP contribution < -0.4 is 15.4 Å². The molecule has 0 radical (unpaired) electrons. The maximum absolute atomic E-state index is 11.8. The van der Waals surface area contributed by atoms with Gasteiger partial charge in [0.05, 0.1) is 19.2 Å². The van der Waals surface area contributed by atoms with Gasteiger partial charge in [0, 0.05) is 5.69 Å². The van der Waals surface area contributed by atoms with E-state index in [0.29, 0.717) is 24.4 Å². The van der Waals surface area contributed by atoms with Crippen molar-refractivity contribution in [2.24, 2.45) is 0 Å². The van der Waals surface area contributed by atoms with Gasteiger partial charge in [0.25, 0.3) is 0 Å². The molecule has 2 rings (SSSR count). The third-order valence-electron chi connectivity index (χ3n) is 3.53. The van der Waals surface area contributed by atoms with Gasteiger partial charge in [-0.25, -0.2) is 9.59 Å². The number of anilines is 1. The summed E-state index contributed by atoms with van der Waals surface area (Å²) in [6.07, 6.45) is 0.951. The lowest BCUT2D eigenvalue weighted by Gasteiger charge is -2.10. The predicted octanol–water partition coefficient (Wildman–Crippen LogP) is 3.24. The Kier molecular flexibility index (Phi) is 6.83. The summed E-state index contributed by atoms with van der Waals surface area (Å²) in [4.78, 5) is 23.2. The molecule has 25 heavy (non-hydrogen) atoms. The second-order valence-corrected chi connectivity index (χ2v) is 5.30. The highest BCUT2D eigenvalue weighted by atomic mass is 16.5. The SMILES string of the molecule is CCc1cccc(OCCNC(=O)Nc2ccc(C(=O)OC)cc2)c1. The zero-order valence-electron chi connectivity index (χ0n) is 14.4. The number of rotatable bonds is 7. The molecule has 0 atom stereocenters. The first-order valence-corrected chi connectivity index (χ1v) is 8.07. The summed E-state index contributed by atoms with van der Waals surface area (Å²) in [5.41, 5.74) is 2.22. The van der Waals surface area contributed by atoms with E-state index in [4.69, 9.17) is 4.74 Å². The van der Waals surface area contributed by atoms with Crippen molar-refractivity contribution in [1.29, 1.82) is 0 Å². The van der Waals surface area contributed by atoms with E-state index in [1.165, 1.54) is 12.7 Å². The monoisotopic (exact) mass is 342 g/mol. The molecule has 2 N–H and O–H groups in total. The maximum atomic E-state index is 11.8. The lowest BCUT2D eigenvalue weighted by Crippen LogP contribution is -2.32. The number of nitrogens with one attached hydrogen (secondary N) is 2. The van der Waals surface area contributed by atoms with Crippen LogP contribution >= 0.6 is 0 Å². The number of amides is 2. The van der Waals surface area contributed by atoms with E-state index < -0.39 is 5.97 Å². The van der Waals surface area contributed by atoms with Crippen LogP contribution in [-0.2, 0) is 11.2 Å². The molecule has 0 bridgehead atoms. The van der Waals surface area contributed by atoms with E-state index in [0.717, 1.165) is 12.2 Å². The van der Waals surface area contributed by atoms with Crippen LogP contribution in [0.15, 0.2) is 48.5 Å². The second-order valence-electron chi connectivity index (χ2n) is 5.30. The van der Waals surface area contributed by atoms with Crippen LogP contribution in [0.5, 0.6) is 5.75 Å². The van der Waals surface area contributed by atoms with Gasteiger partial charge in [-0.1, -0.05) is 19.1 Å². The lowest BCUT2D eigenvalue weighted by molar-refractivity contribution is 0.0600. The van der Waals surface area contributed by atoms with Gasteiger partial charge in [0.2, 0.25) is 0 Å². The Bertz CT molecular complexity index is 714. The summed E-state index contributed by atoms with van der Waals surface area (Å²) in [6, 6.07) is 14.0. The summed E-state index contributed by atoms with van der Waals surface area (Å²) in [7, 11) is 1.32. The van der Waals surface area contributed by atoms with E-state index in [2.05, 4.69) is 22.3 Å². The quantitative estimate of drug-likeness (QED) is 0.598. The highest BCUT2D eigenvalue weighted by Gasteiger charge is 2.06. The minimum atomic E-state index is -0.416. The summed E-state index contributed by atoms with van der Waals surface area (Å²) in [5, 5.41) is 5.40. The number of methoxy groups -OCH3 is 1. The number of esters is 1. The number of carbonyl (C=O) groups is 2. The zero-order chi connectivity index (χ0) is 18.1. The molecule has 0 aliphatic carbocycles. The highest BCUT2D eigenvalue weighted by molar-refractivity contribution is 5.92. The van der Waals surface area contributed by atoms with Crippen LogP contribution in [0.25, 0.3) is 0 Å². The fourth-order valence-electron chi connectivity index (χ4n) is 2.17. The molecule has 0 spiro atoms. The largest absolute Gasteiger partial charge is 0.492 e. The molecule has 6 heteroatoms. The van der Waals surface area contributed by atoms with Crippen LogP contribution in [0.4, 0.5) is 10.5 Å². The average molecular weight is 342 g/mol. The first-order chi connectivity index (χ1) is 12.1. The fourth-order valence-corrected chi connectivity index (χ4v) is 2.17. The minimum absolute atomic E-state index is 0.336. The summed E-state index contributed by atoms with van der Waals surface area (Å²) in [6.45, 7) is 2.84. The van der Waals surface area contributed by atoms with E-state index in [9.17, 15) is 9.59 Å². The van der Waals surface area contributed by atoms with E-state index >= 15 is 0 Å². The third-order valence-corrected chi connectivity index (χ3v) is 3.53. The van der Waals surface area contributed by atoms with Gasteiger partial charge < -0.3 is 20.1 Å². The molecule has 0 aliphatic rings. The maximum Gasteiger partial charge on any atom is 0.337 e. The zero-order valence-corrected chi connectivity index (χ0v) is 14.4. The molecule has 2 aromatic carbocycles. The Morgan fingerprint density at radius 3 is 2.52 bits per heavy atom. The van der Waals surface area contributed by atoms with Gasteiger partial charge in [-0.2, -0.15) is 0 Å².